The SMILES string of the molecule is CCOCC(=O)Nc1cc(C#CCN)ccn1. The Labute approximate surface area is 100 Å². The molecule has 5 nitrogen and oxygen atoms in total. The average Bonchev–Trinajstić information content (AvgIpc) is 2.34. The van der Waals surface area contributed by atoms with Gasteiger partial charge in [0.25, 0.3) is 5.91 Å². The Hall–Kier alpha value is -1.90. The number of nitrogens with two attached hydrogens (primary N) is 1. The molecule has 5 heteroatoms. The van der Waals surface area contributed by atoms with Crippen LogP contribution in [0.15, 0.2) is 18.3 Å². The molecule has 3 N–H and O–H groups in total. The summed E-state index contributed by atoms with van der Waals surface area (Å²) in [5, 5.41) is 2.62. The fourth-order valence-corrected chi connectivity index (χ4v) is 1.10. The van der Waals surface area contributed by atoms with E-state index in [-0.39, 0.29) is 12.5 Å². The smallest absolute Gasteiger partial charge is 0.251 e. The maximum atomic E-state index is 11.4. The largest absolute Gasteiger partial charge is 0.372 e. The number of rotatable bonds is 4. The molecule has 0 bridgehead atoms. The summed E-state index contributed by atoms with van der Waals surface area (Å²) < 4.78 is 4.98. The van der Waals surface area contributed by atoms with E-state index in [0.717, 1.165) is 5.56 Å². The number of carbonyl (C=O) groups is 1. The number of carbonyl (C=O) groups excluding carboxylic acids is 1. The lowest BCUT2D eigenvalue weighted by Gasteiger charge is -2.04. The zero-order valence-corrected chi connectivity index (χ0v) is 9.69. The van der Waals surface area contributed by atoms with Gasteiger partial charge in [-0.1, -0.05) is 11.8 Å². The number of hydrogen-bond acceptors (Lipinski definition) is 4. The van der Waals surface area contributed by atoms with Crippen molar-refractivity contribution in [3.05, 3.63) is 23.9 Å². The van der Waals surface area contributed by atoms with E-state index in [9.17, 15) is 4.79 Å². The summed E-state index contributed by atoms with van der Waals surface area (Å²) >= 11 is 0. The van der Waals surface area contributed by atoms with Gasteiger partial charge in [0.05, 0.1) is 6.54 Å². The molecule has 0 aliphatic heterocycles. The summed E-state index contributed by atoms with van der Waals surface area (Å²) in [5.74, 6) is 5.82. The number of nitrogens with one attached hydrogen (secondary N) is 1. The Kier molecular flexibility index (Phi) is 5.72. The van der Waals surface area contributed by atoms with Crippen molar-refractivity contribution in [2.24, 2.45) is 5.73 Å². The summed E-state index contributed by atoms with van der Waals surface area (Å²) in [4.78, 5) is 15.4. The van der Waals surface area contributed by atoms with Gasteiger partial charge in [0.2, 0.25) is 0 Å². The van der Waals surface area contributed by atoms with E-state index in [2.05, 4.69) is 22.1 Å². The summed E-state index contributed by atoms with van der Waals surface area (Å²) in [5.41, 5.74) is 6.04. The maximum Gasteiger partial charge on any atom is 0.251 e. The van der Waals surface area contributed by atoms with Crippen molar-refractivity contribution in [2.45, 2.75) is 6.92 Å². The first kappa shape index (κ1) is 13.2. The number of aromatic nitrogens is 1. The molecule has 0 radical (unpaired) electrons. The Morgan fingerprint density at radius 3 is 3.18 bits per heavy atom. The lowest BCUT2D eigenvalue weighted by Crippen LogP contribution is -2.18. The van der Waals surface area contributed by atoms with Crippen LogP contribution in [0.2, 0.25) is 0 Å². The fraction of sp³-hybridized carbons (Fsp3) is 0.333. The number of hydrogen-bond donors (Lipinski definition) is 2. The van der Waals surface area contributed by atoms with E-state index in [0.29, 0.717) is 19.0 Å². The second-order valence-corrected chi connectivity index (χ2v) is 3.12. The van der Waals surface area contributed by atoms with Crippen LogP contribution in [0.1, 0.15) is 12.5 Å². The highest BCUT2D eigenvalue weighted by Crippen LogP contribution is 2.05. The minimum Gasteiger partial charge on any atom is -0.372 e. The van der Waals surface area contributed by atoms with Crippen LogP contribution in [-0.2, 0) is 9.53 Å². The molecular formula is C12H15N3O2. The van der Waals surface area contributed by atoms with Crippen molar-refractivity contribution in [1.82, 2.24) is 4.98 Å². The minimum absolute atomic E-state index is 0.0247. The zero-order chi connectivity index (χ0) is 12.5. The number of amides is 1. The monoisotopic (exact) mass is 233 g/mol. The van der Waals surface area contributed by atoms with Crippen LogP contribution in [0.25, 0.3) is 0 Å². The summed E-state index contributed by atoms with van der Waals surface area (Å²) in [7, 11) is 0. The van der Waals surface area contributed by atoms with E-state index in [4.69, 9.17) is 10.5 Å². The molecule has 90 valence electrons. The molecule has 0 fully saturated rings. The maximum absolute atomic E-state index is 11.4. The Balaban J connectivity index is 2.62. The van der Waals surface area contributed by atoms with Gasteiger partial charge in [-0.3, -0.25) is 4.79 Å². The van der Waals surface area contributed by atoms with Gasteiger partial charge in [0.1, 0.15) is 12.4 Å². The summed E-state index contributed by atoms with van der Waals surface area (Å²) in [6.07, 6.45) is 1.58. The van der Waals surface area contributed by atoms with Gasteiger partial charge in [0, 0.05) is 18.4 Å². The third kappa shape index (κ3) is 5.11. The van der Waals surface area contributed by atoms with Crippen molar-refractivity contribution in [3.63, 3.8) is 0 Å². The highest BCUT2D eigenvalue weighted by atomic mass is 16.5. The normalized spacial score (nSPS) is 9.29. The van der Waals surface area contributed by atoms with Gasteiger partial charge in [0.15, 0.2) is 0 Å². The van der Waals surface area contributed by atoms with Gasteiger partial charge in [-0.15, -0.1) is 0 Å². The van der Waals surface area contributed by atoms with Gasteiger partial charge in [-0.2, -0.15) is 0 Å². The van der Waals surface area contributed by atoms with Crippen molar-refractivity contribution in [1.29, 1.82) is 0 Å². The third-order valence-electron chi connectivity index (χ3n) is 1.80. The van der Waals surface area contributed by atoms with E-state index in [1.54, 1.807) is 18.3 Å². The van der Waals surface area contributed by atoms with Gasteiger partial charge < -0.3 is 15.8 Å². The van der Waals surface area contributed by atoms with Crippen LogP contribution in [0, 0.1) is 11.8 Å². The first-order valence-electron chi connectivity index (χ1n) is 5.29. The molecule has 1 amide bonds. The zero-order valence-electron chi connectivity index (χ0n) is 9.69. The third-order valence-corrected chi connectivity index (χ3v) is 1.80. The molecule has 1 aromatic heterocycles. The Bertz CT molecular complexity index is 435. The van der Waals surface area contributed by atoms with Crippen LogP contribution in [0.4, 0.5) is 5.82 Å². The quantitative estimate of drug-likeness (QED) is 0.736. The number of anilines is 1. The molecule has 0 saturated heterocycles. The second-order valence-electron chi connectivity index (χ2n) is 3.12. The molecule has 0 saturated carbocycles. The first-order valence-corrected chi connectivity index (χ1v) is 5.29. The van der Waals surface area contributed by atoms with Crippen molar-refractivity contribution >= 4 is 11.7 Å². The van der Waals surface area contributed by atoms with Gasteiger partial charge >= 0.3 is 0 Å². The number of nitrogens with zero attached hydrogens (tertiary/aromatic N) is 1. The van der Waals surface area contributed by atoms with E-state index >= 15 is 0 Å². The molecule has 1 heterocycles. The molecule has 17 heavy (non-hydrogen) atoms. The number of ether oxygens (including phenoxy) is 1. The van der Waals surface area contributed by atoms with Crippen LogP contribution in [0.3, 0.4) is 0 Å². The Morgan fingerprint density at radius 1 is 1.65 bits per heavy atom. The highest BCUT2D eigenvalue weighted by Gasteiger charge is 2.02. The highest BCUT2D eigenvalue weighted by molar-refractivity contribution is 5.90. The predicted octanol–water partition coefficient (Wildman–Crippen LogP) is 0.367. The van der Waals surface area contributed by atoms with Crippen LogP contribution in [0.5, 0.6) is 0 Å². The van der Waals surface area contributed by atoms with Crippen LogP contribution >= 0.6 is 0 Å². The predicted molar refractivity (Wildman–Crippen MR) is 65.3 cm³/mol. The van der Waals surface area contributed by atoms with Crippen LogP contribution in [-0.4, -0.2) is 30.6 Å². The molecule has 0 aromatic carbocycles. The average molecular weight is 233 g/mol. The van der Waals surface area contributed by atoms with Crippen LogP contribution < -0.4 is 11.1 Å². The van der Waals surface area contributed by atoms with Crippen molar-refractivity contribution in [2.75, 3.05) is 25.1 Å². The standard InChI is InChI=1S/C12H15N3O2/c1-2-17-9-12(16)15-11-8-10(4-3-6-13)5-7-14-11/h5,7-8H,2,6,9,13H2,1H3,(H,14,15,16). The summed E-state index contributed by atoms with van der Waals surface area (Å²) in [6, 6.07) is 3.44. The summed E-state index contributed by atoms with van der Waals surface area (Å²) in [6.45, 7) is 2.66. The molecule has 0 spiro atoms. The van der Waals surface area contributed by atoms with E-state index in [1.165, 1.54) is 0 Å². The molecule has 0 atom stereocenters. The molecule has 1 rings (SSSR count). The Morgan fingerprint density at radius 2 is 2.47 bits per heavy atom. The van der Waals surface area contributed by atoms with E-state index < -0.39 is 0 Å². The van der Waals surface area contributed by atoms with Gasteiger partial charge in [-0.25, -0.2) is 4.98 Å². The molecule has 0 aliphatic rings. The number of pyridine rings is 1. The molecule has 0 unspecified atom stereocenters. The lowest BCUT2D eigenvalue weighted by atomic mass is 10.2. The molecular weight excluding hydrogens is 218 g/mol. The minimum atomic E-state index is -0.233. The molecule has 1 aromatic rings. The van der Waals surface area contributed by atoms with Crippen molar-refractivity contribution < 1.29 is 9.53 Å². The second kappa shape index (κ2) is 7.39. The van der Waals surface area contributed by atoms with Gasteiger partial charge in [-0.05, 0) is 19.1 Å². The first-order chi connectivity index (χ1) is 8.26. The lowest BCUT2D eigenvalue weighted by molar-refractivity contribution is -0.120. The van der Waals surface area contributed by atoms with E-state index in [1.807, 2.05) is 6.92 Å². The van der Waals surface area contributed by atoms with Crippen molar-refractivity contribution in [3.8, 4) is 11.8 Å². The molecule has 0 aliphatic carbocycles. The topological polar surface area (TPSA) is 77.2 Å². The fourth-order valence-electron chi connectivity index (χ4n) is 1.10.